The molecular formula is C23H33ClN4O2+2. The molecule has 0 saturated carbocycles. The molecule has 0 aromatic heterocycles. The summed E-state index contributed by atoms with van der Waals surface area (Å²) >= 11 is 5.89. The fourth-order valence-corrected chi connectivity index (χ4v) is 3.76. The van der Waals surface area contributed by atoms with Crippen LogP contribution in [0.2, 0.25) is 5.02 Å². The summed E-state index contributed by atoms with van der Waals surface area (Å²) in [6.45, 7) is 6.97. The molecule has 2 aromatic carbocycles. The molecule has 0 spiro atoms. The van der Waals surface area contributed by atoms with E-state index in [4.69, 9.17) is 16.3 Å². The zero-order chi connectivity index (χ0) is 21.3. The molecule has 30 heavy (non-hydrogen) atoms. The van der Waals surface area contributed by atoms with Crippen molar-refractivity contribution in [3.05, 3.63) is 59.1 Å². The van der Waals surface area contributed by atoms with Crippen molar-refractivity contribution in [1.29, 1.82) is 0 Å². The molecule has 6 nitrogen and oxygen atoms in total. The summed E-state index contributed by atoms with van der Waals surface area (Å²) in [5.74, 6) is 0.979. The Kier molecular flexibility index (Phi) is 8.37. The van der Waals surface area contributed by atoms with Crippen molar-refractivity contribution < 1.29 is 19.3 Å². The predicted molar refractivity (Wildman–Crippen MR) is 121 cm³/mol. The fraction of sp³-hybridized carbons (Fsp3) is 0.435. The van der Waals surface area contributed by atoms with E-state index in [2.05, 4.69) is 34.5 Å². The van der Waals surface area contributed by atoms with E-state index in [0.717, 1.165) is 54.7 Å². The Bertz CT molecular complexity index is 788. The van der Waals surface area contributed by atoms with Gasteiger partial charge in [-0.15, -0.1) is 0 Å². The average Bonchev–Trinajstić information content (AvgIpc) is 2.75. The molecular weight excluding hydrogens is 400 g/mol. The molecule has 0 atom stereocenters. The van der Waals surface area contributed by atoms with Crippen LogP contribution in [0.4, 0.5) is 5.69 Å². The topological polar surface area (TPSA) is 50.5 Å². The van der Waals surface area contributed by atoms with Gasteiger partial charge >= 0.3 is 0 Å². The molecule has 0 radical (unpaired) electrons. The lowest BCUT2D eigenvalue weighted by Crippen LogP contribution is -3.28. The van der Waals surface area contributed by atoms with Gasteiger partial charge in [-0.3, -0.25) is 4.79 Å². The minimum Gasteiger partial charge on any atom is -0.488 e. The molecule has 3 rings (SSSR count). The first kappa shape index (κ1) is 22.4. The second-order valence-corrected chi connectivity index (χ2v) is 8.50. The minimum absolute atomic E-state index is 0.121. The van der Waals surface area contributed by atoms with Crippen LogP contribution in [0, 0.1) is 0 Å². The zero-order valence-electron chi connectivity index (χ0n) is 17.9. The Morgan fingerprint density at radius 2 is 1.63 bits per heavy atom. The lowest BCUT2D eigenvalue weighted by molar-refractivity contribution is -1.01. The van der Waals surface area contributed by atoms with Crippen molar-refractivity contribution in [1.82, 2.24) is 5.32 Å². The van der Waals surface area contributed by atoms with E-state index in [1.807, 2.05) is 38.4 Å². The second kappa shape index (κ2) is 11.2. The number of halogens is 1. The van der Waals surface area contributed by atoms with Crippen LogP contribution in [0.1, 0.15) is 5.56 Å². The van der Waals surface area contributed by atoms with E-state index in [-0.39, 0.29) is 5.91 Å². The van der Waals surface area contributed by atoms with Crippen molar-refractivity contribution >= 4 is 23.2 Å². The molecule has 3 N–H and O–H groups in total. The van der Waals surface area contributed by atoms with Crippen LogP contribution in [0.15, 0.2) is 48.5 Å². The maximum atomic E-state index is 12.3. The summed E-state index contributed by atoms with van der Waals surface area (Å²) in [4.78, 5) is 17.3. The first-order chi connectivity index (χ1) is 14.5. The van der Waals surface area contributed by atoms with Gasteiger partial charge in [0.1, 0.15) is 45.1 Å². The van der Waals surface area contributed by atoms with Crippen LogP contribution in [-0.4, -0.2) is 65.9 Å². The zero-order valence-corrected chi connectivity index (χ0v) is 18.7. The maximum Gasteiger partial charge on any atom is 0.275 e. The van der Waals surface area contributed by atoms with Gasteiger partial charge in [-0.1, -0.05) is 23.7 Å². The van der Waals surface area contributed by atoms with Crippen LogP contribution in [-0.2, 0) is 11.3 Å². The van der Waals surface area contributed by atoms with Gasteiger partial charge in [0.05, 0.1) is 0 Å². The number of ether oxygens (including phenoxy) is 1. The molecule has 1 saturated heterocycles. The van der Waals surface area contributed by atoms with Gasteiger partial charge in [0.2, 0.25) is 0 Å². The number of amides is 1. The Morgan fingerprint density at radius 3 is 2.27 bits per heavy atom. The molecule has 1 amide bonds. The number of hydrogen-bond donors (Lipinski definition) is 3. The first-order valence-corrected chi connectivity index (χ1v) is 11.0. The normalized spacial score (nSPS) is 18.6. The standard InChI is InChI=1S/C23H31ClN4O2/c1-26(2)21-7-3-19(4-8-21)17-25-23(29)18-28-13-11-27(12-14-28)15-16-30-22-9-5-20(24)6-10-22/h3-10H,11-18H2,1-2H3,(H,25,29)/p+2. The van der Waals surface area contributed by atoms with Gasteiger partial charge in [-0.2, -0.15) is 0 Å². The summed E-state index contributed by atoms with van der Waals surface area (Å²) in [5, 5.41) is 3.77. The molecule has 162 valence electrons. The Hall–Kier alpha value is -2.28. The van der Waals surface area contributed by atoms with E-state index in [1.54, 1.807) is 0 Å². The number of nitrogens with zero attached hydrogens (tertiary/aromatic N) is 1. The summed E-state index contributed by atoms with van der Waals surface area (Å²) in [7, 11) is 4.04. The fourth-order valence-electron chi connectivity index (χ4n) is 3.63. The number of hydrogen-bond acceptors (Lipinski definition) is 3. The molecule has 2 aromatic rings. The third kappa shape index (κ3) is 7.20. The lowest BCUT2D eigenvalue weighted by atomic mass is 10.2. The third-order valence-electron chi connectivity index (χ3n) is 5.56. The number of anilines is 1. The Labute approximate surface area is 184 Å². The molecule has 1 heterocycles. The number of quaternary nitrogens is 2. The van der Waals surface area contributed by atoms with Crippen LogP contribution in [0.25, 0.3) is 0 Å². The van der Waals surface area contributed by atoms with Gasteiger partial charge < -0.3 is 24.8 Å². The van der Waals surface area contributed by atoms with Gasteiger partial charge in [0.15, 0.2) is 6.54 Å². The van der Waals surface area contributed by atoms with E-state index in [0.29, 0.717) is 19.7 Å². The van der Waals surface area contributed by atoms with Crippen molar-refractivity contribution in [2.45, 2.75) is 6.54 Å². The summed E-state index contributed by atoms with van der Waals surface area (Å²) in [6.07, 6.45) is 0. The molecule has 7 heteroatoms. The molecule has 0 bridgehead atoms. The molecule has 1 fully saturated rings. The first-order valence-electron chi connectivity index (χ1n) is 10.6. The van der Waals surface area contributed by atoms with E-state index < -0.39 is 0 Å². The van der Waals surface area contributed by atoms with E-state index in [9.17, 15) is 4.79 Å². The molecule has 1 aliphatic rings. The number of rotatable bonds is 9. The number of carbonyl (C=O) groups is 1. The Balaban J connectivity index is 1.30. The predicted octanol–water partition coefficient (Wildman–Crippen LogP) is -0.115. The number of nitrogens with one attached hydrogen (secondary N) is 3. The monoisotopic (exact) mass is 432 g/mol. The van der Waals surface area contributed by atoms with Crippen LogP contribution >= 0.6 is 11.6 Å². The van der Waals surface area contributed by atoms with Gasteiger partial charge in [0, 0.05) is 31.4 Å². The highest BCUT2D eigenvalue weighted by atomic mass is 35.5. The van der Waals surface area contributed by atoms with Gasteiger partial charge in [-0.25, -0.2) is 0 Å². The summed E-state index contributed by atoms with van der Waals surface area (Å²) in [6, 6.07) is 15.8. The highest BCUT2D eigenvalue weighted by Crippen LogP contribution is 2.15. The minimum atomic E-state index is 0.121. The maximum absolute atomic E-state index is 12.3. The van der Waals surface area contributed by atoms with E-state index in [1.165, 1.54) is 9.80 Å². The molecule has 0 unspecified atom stereocenters. The Morgan fingerprint density at radius 1 is 1.00 bits per heavy atom. The van der Waals surface area contributed by atoms with Crippen LogP contribution in [0.3, 0.4) is 0 Å². The second-order valence-electron chi connectivity index (χ2n) is 8.07. The number of carbonyl (C=O) groups excluding carboxylic acids is 1. The van der Waals surface area contributed by atoms with Gasteiger partial charge in [0.25, 0.3) is 5.91 Å². The SMILES string of the molecule is CN(C)c1ccc(CNC(=O)C[NH+]2CC[NH+](CCOc3ccc(Cl)cc3)CC2)cc1. The smallest absolute Gasteiger partial charge is 0.275 e. The molecule has 1 aliphatic heterocycles. The summed E-state index contributed by atoms with van der Waals surface area (Å²) < 4.78 is 5.80. The van der Waals surface area contributed by atoms with Crippen LogP contribution < -0.4 is 24.8 Å². The third-order valence-corrected chi connectivity index (χ3v) is 5.81. The van der Waals surface area contributed by atoms with Crippen molar-refractivity contribution in [3.8, 4) is 5.75 Å². The highest BCUT2D eigenvalue weighted by molar-refractivity contribution is 6.30. The summed E-state index contributed by atoms with van der Waals surface area (Å²) in [5.41, 5.74) is 2.28. The van der Waals surface area contributed by atoms with Crippen LogP contribution in [0.5, 0.6) is 5.75 Å². The highest BCUT2D eigenvalue weighted by Gasteiger charge is 2.24. The van der Waals surface area contributed by atoms with Crippen molar-refractivity contribution in [2.75, 3.05) is 64.9 Å². The number of piperazine rings is 1. The lowest BCUT2D eigenvalue weighted by Gasteiger charge is -2.29. The van der Waals surface area contributed by atoms with Gasteiger partial charge in [-0.05, 0) is 42.0 Å². The largest absolute Gasteiger partial charge is 0.488 e. The average molecular weight is 433 g/mol. The quantitative estimate of drug-likeness (QED) is 0.518. The van der Waals surface area contributed by atoms with Crippen molar-refractivity contribution in [2.24, 2.45) is 0 Å². The number of benzene rings is 2. The van der Waals surface area contributed by atoms with Crippen molar-refractivity contribution in [3.63, 3.8) is 0 Å². The van der Waals surface area contributed by atoms with E-state index >= 15 is 0 Å². The molecule has 0 aliphatic carbocycles.